The summed E-state index contributed by atoms with van der Waals surface area (Å²) in [4.78, 5) is 17.1. The van der Waals surface area contributed by atoms with Crippen molar-refractivity contribution in [2.75, 3.05) is 39.0 Å². The first kappa shape index (κ1) is 18.5. The summed E-state index contributed by atoms with van der Waals surface area (Å²) >= 11 is 0. The number of carbonyl (C=O) groups excluding carboxylic acids is 1. The molecule has 1 fully saturated rings. The Labute approximate surface area is 153 Å². The van der Waals surface area contributed by atoms with Gasteiger partial charge in [0, 0.05) is 30.0 Å². The highest BCUT2D eigenvalue weighted by Crippen LogP contribution is 2.18. The second-order valence-electron chi connectivity index (χ2n) is 6.32. The second-order valence-corrected chi connectivity index (χ2v) is 8.33. The summed E-state index contributed by atoms with van der Waals surface area (Å²) in [6.07, 6.45) is 5.22. The molecular formula is C18H21N3O4S. The summed E-state index contributed by atoms with van der Waals surface area (Å²) in [6, 6.07) is 9.19. The van der Waals surface area contributed by atoms with Crippen LogP contribution in [0.3, 0.4) is 0 Å². The molecule has 0 aliphatic carbocycles. The van der Waals surface area contributed by atoms with E-state index < -0.39 is 16.0 Å². The van der Waals surface area contributed by atoms with Crippen molar-refractivity contribution in [1.82, 2.24) is 14.2 Å². The molecular weight excluding hydrogens is 354 g/mol. The number of para-hydroxylation sites is 1. The van der Waals surface area contributed by atoms with Gasteiger partial charge in [-0.25, -0.2) is 13.2 Å². The molecule has 26 heavy (non-hydrogen) atoms. The molecule has 0 bridgehead atoms. The van der Waals surface area contributed by atoms with Crippen molar-refractivity contribution in [3.8, 4) is 12.3 Å². The van der Waals surface area contributed by atoms with Crippen LogP contribution in [-0.4, -0.2) is 73.7 Å². The number of ether oxygens (including phenoxy) is 1. The van der Waals surface area contributed by atoms with Crippen LogP contribution in [0.25, 0.3) is 10.9 Å². The fourth-order valence-corrected chi connectivity index (χ4v) is 4.73. The minimum Gasteiger partial charge on any atom is -0.460 e. The second kappa shape index (κ2) is 7.50. The number of hydrogen-bond acceptors (Lipinski definition) is 5. The maximum Gasteiger partial charge on any atom is 0.354 e. The third-order valence-electron chi connectivity index (χ3n) is 4.53. The van der Waals surface area contributed by atoms with Gasteiger partial charge in [0.1, 0.15) is 12.3 Å². The third-order valence-corrected chi connectivity index (χ3v) is 6.40. The number of terminal acetylenes is 1. The number of nitrogens with zero attached hydrogens (tertiary/aromatic N) is 2. The highest BCUT2D eigenvalue weighted by atomic mass is 32.2. The monoisotopic (exact) mass is 375 g/mol. The van der Waals surface area contributed by atoms with Crippen molar-refractivity contribution in [3.05, 3.63) is 36.0 Å². The van der Waals surface area contributed by atoms with Crippen LogP contribution in [0.4, 0.5) is 0 Å². The first-order valence-corrected chi connectivity index (χ1v) is 9.88. The Kier molecular flexibility index (Phi) is 5.32. The Morgan fingerprint density at radius 3 is 2.96 bits per heavy atom. The molecule has 8 heteroatoms. The number of likely N-dealkylation sites (N-methyl/N-ethyl adjacent to an activating group) is 1. The minimum absolute atomic E-state index is 0.0289. The van der Waals surface area contributed by atoms with E-state index in [9.17, 15) is 13.2 Å². The minimum atomic E-state index is -3.31. The number of nitrogens with one attached hydrogen (secondary N) is 1. The lowest BCUT2D eigenvalue weighted by molar-refractivity contribution is 0.0452. The number of benzene rings is 1. The molecule has 1 unspecified atom stereocenters. The van der Waals surface area contributed by atoms with Crippen molar-refractivity contribution in [2.24, 2.45) is 0 Å². The fourth-order valence-electron chi connectivity index (χ4n) is 3.01. The first-order chi connectivity index (χ1) is 12.4. The lowest BCUT2D eigenvalue weighted by atomic mass is 10.2. The van der Waals surface area contributed by atoms with Gasteiger partial charge < -0.3 is 9.72 Å². The molecule has 1 aromatic carbocycles. The van der Waals surface area contributed by atoms with E-state index in [4.69, 9.17) is 11.2 Å². The Morgan fingerprint density at radius 1 is 1.46 bits per heavy atom. The third kappa shape index (κ3) is 3.90. The molecule has 1 saturated heterocycles. The maximum absolute atomic E-state index is 12.2. The lowest BCUT2D eigenvalue weighted by Crippen LogP contribution is -2.38. The van der Waals surface area contributed by atoms with E-state index in [0.29, 0.717) is 18.8 Å². The van der Waals surface area contributed by atoms with Gasteiger partial charge in [-0.05, 0) is 19.2 Å². The molecule has 3 rings (SSSR count). The van der Waals surface area contributed by atoms with E-state index in [1.165, 1.54) is 4.31 Å². The van der Waals surface area contributed by atoms with Crippen LogP contribution in [0.5, 0.6) is 0 Å². The van der Waals surface area contributed by atoms with Gasteiger partial charge >= 0.3 is 5.97 Å². The topological polar surface area (TPSA) is 82.7 Å². The molecule has 138 valence electrons. The normalized spacial score (nSPS) is 19.7. The molecule has 1 aliphatic rings. The van der Waals surface area contributed by atoms with Gasteiger partial charge in [-0.1, -0.05) is 24.1 Å². The van der Waals surface area contributed by atoms with Gasteiger partial charge in [0.2, 0.25) is 10.0 Å². The Morgan fingerprint density at radius 2 is 2.23 bits per heavy atom. The van der Waals surface area contributed by atoms with Crippen LogP contribution < -0.4 is 0 Å². The average Bonchev–Trinajstić information content (AvgIpc) is 3.16. The van der Waals surface area contributed by atoms with Crippen molar-refractivity contribution < 1.29 is 17.9 Å². The predicted molar refractivity (Wildman–Crippen MR) is 99.2 cm³/mol. The molecule has 0 amide bonds. The molecule has 1 N–H and O–H groups in total. The van der Waals surface area contributed by atoms with Gasteiger partial charge in [-0.3, -0.25) is 4.90 Å². The number of esters is 1. The van der Waals surface area contributed by atoms with E-state index in [1.807, 2.05) is 36.2 Å². The van der Waals surface area contributed by atoms with E-state index >= 15 is 0 Å². The van der Waals surface area contributed by atoms with Crippen molar-refractivity contribution in [2.45, 2.75) is 6.04 Å². The molecule has 0 saturated carbocycles. The molecule has 1 aromatic heterocycles. The molecule has 7 nitrogen and oxygen atoms in total. The zero-order chi connectivity index (χ0) is 18.7. The highest BCUT2D eigenvalue weighted by Gasteiger charge is 2.37. The Hall–Kier alpha value is -2.34. The zero-order valence-corrected chi connectivity index (χ0v) is 15.3. The number of hydrogen-bond donors (Lipinski definition) is 1. The van der Waals surface area contributed by atoms with Crippen molar-refractivity contribution >= 4 is 26.9 Å². The molecule has 2 heterocycles. The van der Waals surface area contributed by atoms with E-state index in [2.05, 4.69) is 10.9 Å². The Balaban J connectivity index is 1.51. The van der Waals surface area contributed by atoms with Crippen molar-refractivity contribution in [1.29, 1.82) is 0 Å². The number of rotatable bonds is 6. The quantitative estimate of drug-likeness (QED) is 0.599. The summed E-state index contributed by atoms with van der Waals surface area (Å²) in [6.45, 7) is 1.06. The number of H-pyrrole nitrogens is 1. The van der Waals surface area contributed by atoms with E-state index in [-0.39, 0.29) is 24.9 Å². The SMILES string of the molecule is C#CCN1CC(N(C)CCOC(=O)c2cc3ccccc3[nH]2)CS1(=O)=O. The summed E-state index contributed by atoms with van der Waals surface area (Å²) in [5.41, 5.74) is 1.28. The van der Waals surface area contributed by atoms with Gasteiger partial charge in [0.25, 0.3) is 0 Å². The van der Waals surface area contributed by atoms with Crippen LogP contribution in [0.2, 0.25) is 0 Å². The fraction of sp³-hybridized carbons (Fsp3) is 0.389. The number of sulfonamides is 1. The van der Waals surface area contributed by atoms with Crippen LogP contribution in [0.1, 0.15) is 10.5 Å². The smallest absolute Gasteiger partial charge is 0.354 e. The maximum atomic E-state index is 12.2. The molecule has 0 spiro atoms. The van der Waals surface area contributed by atoms with Crippen molar-refractivity contribution in [3.63, 3.8) is 0 Å². The number of carbonyl (C=O) groups is 1. The number of aromatic nitrogens is 1. The predicted octanol–water partition coefficient (Wildman–Crippen LogP) is 0.904. The highest BCUT2D eigenvalue weighted by molar-refractivity contribution is 7.89. The van der Waals surface area contributed by atoms with Crippen LogP contribution in [0.15, 0.2) is 30.3 Å². The Bertz CT molecular complexity index is 912. The summed E-state index contributed by atoms with van der Waals surface area (Å²) < 4.78 is 30.7. The number of aromatic amines is 1. The van der Waals surface area contributed by atoms with E-state index in [0.717, 1.165) is 10.9 Å². The summed E-state index contributed by atoms with van der Waals surface area (Å²) in [5.74, 6) is 1.97. The largest absolute Gasteiger partial charge is 0.460 e. The van der Waals surface area contributed by atoms with Crippen LogP contribution >= 0.6 is 0 Å². The molecule has 1 atom stereocenters. The number of fused-ring (bicyclic) bond motifs is 1. The van der Waals surface area contributed by atoms with Crippen LogP contribution in [-0.2, 0) is 14.8 Å². The zero-order valence-electron chi connectivity index (χ0n) is 14.5. The summed E-state index contributed by atoms with van der Waals surface area (Å²) in [5, 5.41) is 0.946. The lowest BCUT2D eigenvalue weighted by Gasteiger charge is -2.22. The average molecular weight is 375 g/mol. The van der Waals surface area contributed by atoms with Gasteiger partial charge in [-0.15, -0.1) is 6.42 Å². The molecule has 0 radical (unpaired) electrons. The van der Waals surface area contributed by atoms with E-state index in [1.54, 1.807) is 6.07 Å². The van der Waals surface area contributed by atoms with Gasteiger partial charge in [0.05, 0.1) is 12.3 Å². The summed E-state index contributed by atoms with van der Waals surface area (Å²) in [7, 11) is -1.49. The molecule has 2 aromatic rings. The molecule has 1 aliphatic heterocycles. The van der Waals surface area contributed by atoms with Gasteiger partial charge in [-0.2, -0.15) is 4.31 Å². The van der Waals surface area contributed by atoms with Gasteiger partial charge in [0.15, 0.2) is 0 Å². The standard InChI is InChI=1S/C18H21N3O4S/c1-3-8-21-12-15(13-26(21,23)24)20(2)9-10-25-18(22)17-11-14-6-4-5-7-16(14)19-17/h1,4-7,11,15,19H,8-10,12-13H2,2H3. The first-order valence-electron chi connectivity index (χ1n) is 8.27. The van der Waals surface area contributed by atoms with Crippen LogP contribution in [0, 0.1) is 12.3 Å².